The van der Waals surface area contributed by atoms with Gasteiger partial charge in [-0.25, -0.2) is 9.44 Å². The van der Waals surface area contributed by atoms with E-state index in [1.807, 2.05) is 48.5 Å². The highest BCUT2D eigenvalue weighted by atomic mass is 32.2. The molecule has 22 heteroatoms. The predicted molar refractivity (Wildman–Crippen MR) is 334 cm³/mol. The fourth-order valence-corrected chi connectivity index (χ4v) is 13.8. The molecule has 2 saturated carbocycles. The van der Waals surface area contributed by atoms with Gasteiger partial charge >= 0.3 is 20.4 Å². The highest BCUT2D eigenvalue weighted by molar-refractivity contribution is 7.88. The molecular weight excluding hydrogens is 1140 g/mol. The van der Waals surface area contributed by atoms with Crippen LogP contribution in [-0.4, -0.2) is 165 Å². The normalized spacial score (nSPS) is 16.4. The third-order valence-corrected chi connectivity index (χ3v) is 20.2. The smallest absolute Gasteiger partial charge is 0.303 e. The molecule has 2 fully saturated rings. The molecule has 2 N–H and O–H groups in total. The second kappa shape index (κ2) is 26.9. The van der Waals surface area contributed by atoms with E-state index in [1.54, 1.807) is 76.6 Å². The van der Waals surface area contributed by atoms with Crippen LogP contribution < -0.4 is 18.9 Å². The highest BCUT2D eigenvalue weighted by Gasteiger charge is 2.36. The molecule has 4 heterocycles. The van der Waals surface area contributed by atoms with Gasteiger partial charge in [-0.2, -0.15) is 25.4 Å². The number of fused-ring (bicyclic) bond motifs is 10. The molecule has 6 aromatic rings. The Hall–Kier alpha value is -7.08. The van der Waals surface area contributed by atoms with Crippen molar-refractivity contribution in [2.45, 2.75) is 95.6 Å². The molecule has 1 atom stereocenters. The average Bonchev–Trinajstić information content (AvgIpc) is 1.79. The predicted octanol–water partition coefficient (Wildman–Crippen LogP) is 8.58. The topological polar surface area (TPSA) is 220 Å². The summed E-state index contributed by atoms with van der Waals surface area (Å²) in [6.07, 6.45) is 13.7. The second-order valence-electron chi connectivity index (χ2n) is 23.3. The number of likely N-dealkylation sites (N-methyl/N-ethyl adjacent to an activating group) is 2. The Balaban J connectivity index is 0.000000205. The van der Waals surface area contributed by atoms with Gasteiger partial charge in [0.15, 0.2) is 0 Å². The number of amides is 4. The first-order chi connectivity index (χ1) is 41.1. The molecular formula is C64H82N8O12S2. The molecule has 2 aromatic heterocycles. The molecule has 462 valence electrons. The largest absolute Gasteiger partial charge is 0.497 e. The van der Waals surface area contributed by atoms with Crippen LogP contribution in [-0.2, 0) is 59.0 Å². The zero-order chi connectivity index (χ0) is 61.8. The molecule has 20 nitrogen and oxygen atoms in total. The molecule has 0 saturated heterocycles. The summed E-state index contributed by atoms with van der Waals surface area (Å²) in [5, 5.41) is 2.05. The maximum atomic E-state index is 13.9. The van der Waals surface area contributed by atoms with Gasteiger partial charge in [0.1, 0.15) is 11.5 Å². The maximum Gasteiger partial charge on any atom is 0.303 e. The van der Waals surface area contributed by atoms with Gasteiger partial charge in [0.05, 0.1) is 51.3 Å². The Kier molecular flexibility index (Phi) is 19.8. The minimum atomic E-state index is -3.97. The summed E-state index contributed by atoms with van der Waals surface area (Å²) in [4.78, 5) is 57.4. The summed E-state index contributed by atoms with van der Waals surface area (Å²) in [6.45, 7) is 2.48. The van der Waals surface area contributed by atoms with Crippen LogP contribution in [0.25, 0.3) is 50.4 Å². The van der Waals surface area contributed by atoms with Gasteiger partial charge in [-0.1, -0.05) is 50.7 Å². The van der Waals surface area contributed by atoms with E-state index in [1.165, 1.54) is 52.2 Å². The highest BCUT2D eigenvalue weighted by Crippen LogP contribution is 2.49. The van der Waals surface area contributed by atoms with Crippen molar-refractivity contribution < 1.29 is 55.0 Å². The van der Waals surface area contributed by atoms with Crippen molar-refractivity contribution in [3.05, 3.63) is 112 Å². The van der Waals surface area contributed by atoms with Crippen molar-refractivity contribution in [1.29, 1.82) is 0 Å². The molecule has 4 amide bonds. The van der Waals surface area contributed by atoms with Gasteiger partial charge < -0.3 is 37.9 Å². The number of hydrogen-bond acceptors (Lipinski definition) is 12. The molecule has 2 aliphatic heterocycles. The average molecular weight is 1220 g/mol. The summed E-state index contributed by atoms with van der Waals surface area (Å²) in [7, 11) is 7.59. The summed E-state index contributed by atoms with van der Waals surface area (Å²) in [5.74, 6) is 0.214. The van der Waals surface area contributed by atoms with E-state index in [0.29, 0.717) is 62.4 Å². The van der Waals surface area contributed by atoms with Crippen molar-refractivity contribution in [2.75, 3.05) is 97.0 Å². The lowest BCUT2D eigenvalue weighted by Crippen LogP contribution is -2.39. The summed E-state index contributed by atoms with van der Waals surface area (Å²) in [6, 6.07) is 22.8. The summed E-state index contributed by atoms with van der Waals surface area (Å²) < 4.78 is 81.9. The molecule has 4 aromatic carbocycles. The quantitative estimate of drug-likeness (QED) is 0.0827. The number of carbonyl (C=O) groups is 4. The molecule has 86 heavy (non-hydrogen) atoms. The number of hydrogen-bond donors (Lipinski definition) is 2. The fourth-order valence-electron chi connectivity index (χ4n) is 12.7. The Labute approximate surface area is 505 Å². The maximum absolute atomic E-state index is 13.9. The molecule has 2 aliphatic carbocycles. The molecule has 1 unspecified atom stereocenters. The molecule has 0 spiro atoms. The third kappa shape index (κ3) is 13.3. The van der Waals surface area contributed by atoms with Crippen molar-refractivity contribution in [2.24, 2.45) is 5.92 Å². The van der Waals surface area contributed by atoms with Crippen LogP contribution in [0.2, 0.25) is 0 Å². The third-order valence-electron chi connectivity index (χ3n) is 17.4. The number of nitrogens with one attached hydrogen (secondary N) is 2. The molecule has 10 rings (SSSR count). The van der Waals surface area contributed by atoms with Crippen molar-refractivity contribution in [3.63, 3.8) is 0 Å². The Bertz CT molecular complexity index is 3780. The summed E-state index contributed by atoms with van der Waals surface area (Å²) in [5.41, 5.74) is 11.2. The zero-order valence-corrected chi connectivity index (χ0v) is 52.8. The SMILES string of the molecule is COCCN(C)C(=O)C1=Cc2cc(OC)ccc2-c2c(C3CCCCC3)c3ccc(C(=O)NS(=O)(=O)N(C)C)cc3n2C1.COCCN(C)C(=O)C1Cc2cc(OC)ccc2-c2c(C3CCCCC3)c3ccc(C(=O)NS(=O)(=O)N(C)C)cc3n2C1. The first-order valence-electron chi connectivity index (χ1n) is 29.5. The zero-order valence-electron chi connectivity index (χ0n) is 51.2. The van der Waals surface area contributed by atoms with Crippen LogP contribution >= 0.6 is 0 Å². The van der Waals surface area contributed by atoms with Gasteiger partial charge in [-0.3, -0.25) is 19.2 Å². The number of methoxy groups -OCH3 is 4. The molecule has 4 aliphatic rings. The minimum Gasteiger partial charge on any atom is -0.497 e. The number of benzene rings is 4. The van der Waals surface area contributed by atoms with Crippen LogP contribution in [0.3, 0.4) is 0 Å². The number of aromatic nitrogens is 2. The van der Waals surface area contributed by atoms with Gasteiger partial charge in [-0.05, 0) is 133 Å². The van der Waals surface area contributed by atoms with E-state index >= 15 is 0 Å². The first kappa shape index (κ1) is 63.4. The van der Waals surface area contributed by atoms with E-state index in [0.717, 1.165) is 121 Å². The van der Waals surface area contributed by atoms with Crippen molar-refractivity contribution in [3.8, 4) is 34.0 Å². The van der Waals surface area contributed by atoms with E-state index in [9.17, 15) is 36.0 Å². The van der Waals surface area contributed by atoms with E-state index in [-0.39, 0.29) is 35.4 Å². The van der Waals surface area contributed by atoms with Crippen LogP contribution in [0, 0.1) is 5.92 Å². The lowest BCUT2D eigenvalue weighted by Gasteiger charge is -2.24. The second-order valence-corrected chi connectivity index (χ2v) is 27.1. The van der Waals surface area contributed by atoms with Crippen LogP contribution in [0.5, 0.6) is 11.5 Å². The van der Waals surface area contributed by atoms with Crippen LogP contribution in [0.1, 0.15) is 119 Å². The van der Waals surface area contributed by atoms with Gasteiger partial charge in [-0.15, -0.1) is 0 Å². The van der Waals surface area contributed by atoms with E-state index in [2.05, 4.69) is 24.6 Å². The van der Waals surface area contributed by atoms with Crippen molar-refractivity contribution in [1.82, 2.24) is 37.0 Å². The number of nitrogens with zero attached hydrogens (tertiary/aromatic N) is 6. The monoisotopic (exact) mass is 1220 g/mol. The molecule has 0 radical (unpaired) electrons. The first-order valence-corrected chi connectivity index (χ1v) is 32.3. The minimum absolute atomic E-state index is 0.0192. The Morgan fingerprint density at radius 3 is 1.55 bits per heavy atom. The number of carbonyl (C=O) groups excluding carboxylic acids is 4. The Morgan fingerprint density at radius 2 is 1.05 bits per heavy atom. The lowest BCUT2D eigenvalue weighted by atomic mass is 9.81. The van der Waals surface area contributed by atoms with E-state index in [4.69, 9.17) is 18.9 Å². The lowest BCUT2D eigenvalue weighted by molar-refractivity contribution is -0.135. The number of rotatable bonds is 18. The van der Waals surface area contributed by atoms with Gasteiger partial charge in [0.2, 0.25) is 5.91 Å². The molecule has 0 bridgehead atoms. The van der Waals surface area contributed by atoms with Gasteiger partial charge in [0, 0.05) is 126 Å². The summed E-state index contributed by atoms with van der Waals surface area (Å²) >= 11 is 0. The van der Waals surface area contributed by atoms with Crippen molar-refractivity contribution >= 4 is 71.9 Å². The number of ether oxygens (including phenoxy) is 4. The van der Waals surface area contributed by atoms with E-state index < -0.39 is 32.2 Å². The Morgan fingerprint density at radius 1 is 0.570 bits per heavy atom. The van der Waals surface area contributed by atoms with Crippen LogP contribution in [0.4, 0.5) is 0 Å². The fraction of sp³-hybridized carbons (Fsp3) is 0.469. The standard InChI is InChI=1S/C32H42N4O6S.C32H40N4O6S/c2*1-34(2)43(39,40)33-31(37)22-11-13-27-28(19-22)36-20-24(32(38)35(3)15-16-41-4)17-23-18-25(42-5)12-14-26(23)30(36)29(27)21-9-7-6-8-10-21/h11-14,18-19,21,24H,6-10,15-17,20H2,1-5H3,(H,33,37);11-14,17-19,21H,6-10,15-16,20H2,1-5H3,(H,33,37). The van der Waals surface area contributed by atoms with Gasteiger partial charge in [0.25, 0.3) is 17.7 Å². The van der Waals surface area contributed by atoms with Crippen LogP contribution in [0.15, 0.2) is 78.4 Å².